The molecular weight excluding hydrogens is 270 g/mol. The molecule has 2 aromatic rings. The molecule has 22 heavy (non-hydrogen) atoms. The van der Waals surface area contributed by atoms with Crippen LogP contribution in [-0.2, 0) is 12.8 Å². The second kappa shape index (κ2) is 6.75. The molecule has 0 aliphatic heterocycles. The Labute approximate surface area is 131 Å². The highest BCUT2D eigenvalue weighted by atomic mass is 14.3. The Bertz CT molecular complexity index is 842. The third-order valence-electron chi connectivity index (χ3n) is 3.88. The molecule has 0 radical (unpaired) electrons. The van der Waals surface area contributed by atoms with Gasteiger partial charge in [0.1, 0.15) is 18.2 Å². The van der Waals surface area contributed by atoms with Crippen LogP contribution in [0.4, 0.5) is 0 Å². The summed E-state index contributed by atoms with van der Waals surface area (Å²) in [6.45, 7) is 4.16. The van der Waals surface area contributed by atoms with E-state index in [4.69, 9.17) is 0 Å². The minimum atomic E-state index is 0.217. The monoisotopic (exact) mass is 287 g/mol. The molecule has 0 heterocycles. The minimum Gasteiger partial charge on any atom is -0.192 e. The standard InChI is InChI=1S/C19H17N3/c1-3-6-13-8-5-9-15-17(11-21)18(12-22)16(10-20)14(7-4-2)19(13)15/h5,8-9H,3-4,6-7H2,1-2H3. The van der Waals surface area contributed by atoms with E-state index in [-0.39, 0.29) is 5.56 Å². The quantitative estimate of drug-likeness (QED) is 0.838. The van der Waals surface area contributed by atoms with Gasteiger partial charge < -0.3 is 0 Å². The molecule has 0 atom stereocenters. The van der Waals surface area contributed by atoms with Gasteiger partial charge in [-0.05, 0) is 29.4 Å². The first-order valence-electron chi connectivity index (χ1n) is 7.54. The van der Waals surface area contributed by atoms with Crippen LogP contribution in [0.2, 0.25) is 0 Å². The van der Waals surface area contributed by atoms with Crippen molar-refractivity contribution in [2.75, 3.05) is 0 Å². The van der Waals surface area contributed by atoms with Crippen molar-refractivity contribution in [2.45, 2.75) is 39.5 Å². The van der Waals surface area contributed by atoms with E-state index in [0.29, 0.717) is 11.1 Å². The first kappa shape index (κ1) is 15.6. The molecule has 0 aliphatic carbocycles. The summed E-state index contributed by atoms with van der Waals surface area (Å²) >= 11 is 0. The molecule has 0 spiro atoms. The van der Waals surface area contributed by atoms with Crippen LogP contribution in [-0.4, -0.2) is 0 Å². The smallest absolute Gasteiger partial charge is 0.102 e. The number of nitrogens with zero attached hydrogens (tertiary/aromatic N) is 3. The van der Waals surface area contributed by atoms with Crippen LogP contribution in [0.25, 0.3) is 10.8 Å². The number of fused-ring (bicyclic) bond motifs is 1. The first-order chi connectivity index (χ1) is 10.7. The molecule has 0 bridgehead atoms. The summed E-state index contributed by atoms with van der Waals surface area (Å²) in [7, 11) is 0. The van der Waals surface area contributed by atoms with Crippen molar-refractivity contribution in [3.05, 3.63) is 46.0 Å². The average molecular weight is 287 g/mol. The van der Waals surface area contributed by atoms with Gasteiger partial charge in [0.2, 0.25) is 0 Å². The van der Waals surface area contributed by atoms with Crippen LogP contribution in [0.15, 0.2) is 18.2 Å². The fourth-order valence-electron chi connectivity index (χ4n) is 3.03. The molecule has 0 aliphatic rings. The predicted octanol–water partition coefficient (Wildman–Crippen LogP) is 4.36. The second-order valence-electron chi connectivity index (χ2n) is 5.28. The van der Waals surface area contributed by atoms with Gasteiger partial charge in [-0.3, -0.25) is 0 Å². The second-order valence-corrected chi connectivity index (χ2v) is 5.28. The van der Waals surface area contributed by atoms with E-state index in [9.17, 15) is 15.8 Å². The summed E-state index contributed by atoms with van der Waals surface area (Å²) in [5.74, 6) is 0. The fourth-order valence-corrected chi connectivity index (χ4v) is 3.03. The van der Waals surface area contributed by atoms with Crippen LogP contribution in [0.1, 0.15) is 54.5 Å². The lowest BCUT2D eigenvalue weighted by molar-refractivity contribution is 0.909. The maximum absolute atomic E-state index is 9.55. The summed E-state index contributed by atoms with van der Waals surface area (Å²) in [6.07, 6.45) is 3.52. The van der Waals surface area contributed by atoms with Crippen molar-refractivity contribution in [1.29, 1.82) is 15.8 Å². The van der Waals surface area contributed by atoms with E-state index in [1.165, 1.54) is 0 Å². The highest BCUT2D eigenvalue weighted by Crippen LogP contribution is 2.33. The molecule has 0 unspecified atom stereocenters. The molecule has 2 aromatic carbocycles. The minimum absolute atomic E-state index is 0.217. The van der Waals surface area contributed by atoms with Crippen LogP contribution < -0.4 is 0 Å². The molecule has 2 rings (SSSR count). The lowest BCUT2D eigenvalue weighted by Gasteiger charge is -2.15. The number of rotatable bonds is 4. The summed E-state index contributed by atoms with van der Waals surface area (Å²) < 4.78 is 0. The zero-order valence-corrected chi connectivity index (χ0v) is 12.9. The molecule has 0 aromatic heterocycles. The van der Waals surface area contributed by atoms with Crippen molar-refractivity contribution in [3.63, 3.8) is 0 Å². The van der Waals surface area contributed by atoms with Gasteiger partial charge in [-0.2, -0.15) is 15.8 Å². The van der Waals surface area contributed by atoms with Crippen LogP contribution in [0, 0.1) is 34.0 Å². The maximum atomic E-state index is 9.55. The van der Waals surface area contributed by atoms with Gasteiger partial charge in [-0.1, -0.05) is 44.9 Å². The average Bonchev–Trinajstić information content (AvgIpc) is 2.54. The maximum Gasteiger partial charge on any atom is 0.102 e. The van der Waals surface area contributed by atoms with Gasteiger partial charge in [0, 0.05) is 5.39 Å². The molecule has 0 N–H and O–H groups in total. The molecule has 3 heteroatoms. The van der Waals surface area contributed by atoms with E-state index in [1.807, 2.05) is 12.1 Å². The van der Waals surface area contributed by atoms with Crippen LogP contribution in [0.3, 0.4) is 0 Å². The highest BCUT2D eigenvalue weighted by molar-refractivity contribution is 5.97. The van der Waals surface area contributed by atoms with Gasteiger partial charge in [-0.15, -0.1) is 0 Å². The molecule has 0 amide bonds. The van der Waals surface area contributed by atoms with E-state index < -0.39 is 0 Å². The van der Waals surface area contributed by atoms with Gasteiger partial charge >= 0.3 is 0 Å². The van der Waals surface area contributed by atoms with E-state index in [1.54, 1.807) is 0 Å². The SMILES string of the molecule is CCCc1cccc2c(C#N)c(C#N)c(C#N)c(CCC)c12. The summed E-state index contributed by atoms with van der Waals surface area (Å²) in [5, 5.41) is 30.3. The predicted molar refractivity (Wildman–Crippen MR) is 86.1 cm³/mol. The van der Waals surface area contributed by atoms with Crippen molar-refractivity contribution in [2.24, 2.45) is 0 Å². The number of benzene rings is 2. The molecule has 0 fully saturated rings. The van der Waals surface area contributed by atoms with Gasteiger partial charge in [0.25, 0.3) is 0 Å². The Morgan fingerprint density at radius 3 is 2.00 bits per heavy atom. The summed E-state index contributed by atoms with van der Waals surface area (Å²) in [5.41, 5.74) is 2.99. The molecule has 0 saturated carbocycles. The van der Waals surface area contributed by atoms with E-state index in [2.05, 4.69) is 38.1 Å². The molecule has 108 valence electrons. The third-order valence-corrected chi connectivity index (χ3v) is 3.88. The largest absolute Gasteiger partial charge is 0.192 e. The normalized spacial score (nSPS) is 9.95. The highest BCUT2D eigenvalue weighted by Gasteiger charge is 2.20. The molecule has 0 saturated heterocycles. The fraction of sp³-hybridized carbons (Fsp3) is 0.316. The Kier molecular flexibility index (Phi) is 4.77. The zero-order chi connectivity index (χ0) is 16.1. The van der Waals surface area contributed by atoms with E-state index >= 15 is 0 Å². The third kappa shape index (κ3) is 2.41. The van der Waals surface area contributed by atoms with Crippen molar-refractivity contribution in [1.82, 2.24) is 0 Å². The first-order valence-corrected chi connectivity index (χ1v) is 7.54. The number of hydrogen-bond donors (Lipinski definition) is 0. The Morgan fingerprint density at radius 1 is 0.818 bits per heavy atom. The van der Waals surface area contributed by atoms with Gasteiger partial charge in [-0.25, -0.2) is 0 Å². The Morgan fingerprint density at radius 2 is 1.45 bits per heavy atom. The number of hydrogen-bond acceptors (Lipinski definition) is 3. The molecule has 3 nitrogen and oxygen atoms in total. The number of aryl methyl sites for hydroxylation is 2. The van der Waals surface area contributed by atoms with E-state index in [0.717, 1.165) is 47.6 Å². The van der Waals surface area contributed by atoms with Crippen molar-refractivity contribution < 1.29 is 0 Å². The zero-order valence-electron chi connectivity index (χ0n) is 12.9. The summed E-state index contributed by atoms with van der Waals surface area (Å²) in [6, 6.07) is 12.2. The van der Waals surface area contributed by atoms with Crippen molar-refractivity contribution >= 4 is 10.8 Å². The molecular formula is C19H17N3. The lowest BCUT2D eigenvalue weighted by atomic mass is 9.85. The van der Waals surface area contributed by atoms with Crippen LogP contribution >= 0.6 is 0 Å². The Hall–Kier alpha value is -2.83. The summed E-state index contributed by atoms with van der Waals surface area (Å²) in [4.78, 5) is 0. The van der Waals surface area contributed by atoms with Crippen molar-refractivity contribution in [3.8, 4) is 18.2 Å². The Balaban J connectivity index is 3.07. The lowest BCUT2D eigenvalue weighted by Crippen LogP contribution is -2.02. The topological polar surface area (TPSA) is 71.4 Å². The number of nitriles is 3. The van der Waals surface area contributed by atoms with Gasteiger partial charge in [0.05, 0.1) is 16.7 Å². The van der Waals surface area contributed by atoms with Crippen LogP contribution in [0.5, 0.6) is 0 Å². The van der Waals surface area contributed by atoms with Gasteiger partial charge in [0.15, 0.2) is 0 Å².